The average molecular weight is 362 g/mol. The van der Waals surface area contributed by atoms with Crippen LogP contribution in [0.25, 0.3) is 0 Å². The van der Waals surface area contributed by atoms with E-state index >= 15 is 0 Å². The van der Waals surface area contributed by atoms with Gasteiger partial charge in [-0.05, 0) is 50.2 Å². The summed E-state index contributed by atoms with van der Waals surface area (Å²) >= 11 is 0. The Morgan fingerprint density at radius 3 is 2.50 bits per heavy atom. The van der Waals surface area contributed by atoms with E-state index in [1.165, 1.54) is 6.42 Å². The molecule has 0 aliphatic carbocycles. The highest BCUT2D eigenvalue weighted by molar-refractivity contribution is 5.73. The fourth-order valence-electron chi connectivity index (χ4n) is 3.85. The highest BCUT2D eigenvalue weighted by atomic mass is 16.5. The first kappa shape index (κ1) is 20.6. The molecule has 1 saturated heterocycles. The number of hydrogen-bond donors (Lipinski definition) is 2. The minimum Gasteiger partial charge on any atom is -0.496 e. The largest absolute Gasteiger partial charge is 0.496 e. The Hall–Kier alpha value is -1.75. The lowest BCUT2D eigenvalue weighted by molar-refractivity contribution is 0.0473. The average Bonchev–Trinajstić information content (AvgIpc) is 2.59. The maximum Gasteiger partial charge on any atom is 0.314 e. The number of hydrogen-bond acceptors (Lipinski definition) is 3. The number of para-hydroxylation sites is 1. The molecule has 26 heavy (non-hydrogen) atoms. The summed E-state index contributed by atoms with van der Waals surface area (Å²) in [6, 6.07) is 7.80. The van der Waals surface area contributed by atoms with Gasteiger partial charge in [-0.2, -0.15) is 0 Å². The number of nitrogens with one attached hydrogen (secondary N) is 2. The Balaban J connectivity index is 1.75. The molecular weight excluding hydrogens is 326 g/mol. The fourth-order valence-corrected chi connectivity index (χ4v) is 3.85. The summed E-state index contributed by atoms with van der Waals surface area (Å²) in [5, 5.41) is 5.99. The number of piperidine rings is 1. The van der Waals surface area contributed by atoms with Crippen LogP contribution in [0.3, 0.4) is 0 Å². The van der Waals surface area contributed by atoms with Crippen LogP contribution >= 0.6 is 0 Å². The van der Waals surface area contributed by atoms with Gasteiger partial charge in [-0.15, -0.1) is 0 Å². The molecule has 0 radical (unpaired) electrons. The second-order valence-corrected chi connectivity index (χ2v) is 8.33. The minimum absolute atomic E-state index is 0.0388. The lowest BCUT2D eigenvalue weighted by Crippen LogP contribution is -2.57. The van der Waals surface area contributed by atoms with Gasteiger partial charge in [-0.3, -0.25) is 4.90 Å². The van der Waals surface area contributed by atoms with Crippen LogP contribution in [-0.4, -0.2) is 49.8 Å². The van der Waals surface area contributed by atoms with E-state index < -0.39 is 0 Å². The second kappa shape index (κ2) is 9.26. The van der Waals surface area contributed by atoms with E-state index in [2.05, 4.69) is 43.2 Å². The van der Waals surface area contributed by atoms with Gasteiger partial charge < -0.3 is 15.4 Å². The molecule has 1 fully saturated rings. The van der Waals surface area contributed by atoms with Gasteiger partial charge in [0, 0.05) is 31.7 Å². The Morgan fingerprint density at radius 1 is 1.19 bits per heavy atom. The topological polar surface area (TPSA) is 53.6 Å². The third-order valence-electron chi connectivity index (χ3n) is 5.28. The summed E-state index contributed by atoms with van der Waals surface area (Å²) in [5.74, 6) is 2.30. The van der Waals surface area contributed by atoms with Crippen molar-refractivity contribution in [3.63, 3.8) is 0 Å². The van der Waals surface area contributed by atoms with Crippen molar-refractivity contribution in [3.8, 4) is 5.75 Å². The third kappa shape index (κ3) is 5.90. The molecule has 0 saturated carbocycles. The van der Waals surface area contributed by atoms with Crippen molar-refractivity contribution in [1.82, 2.24) is 15.5 Å². The maximum absolute atomic E-state index is 12.2. The number of carbonyl (C=O) groups excluding carboxylic acids is 1. The van der Waals surface area contributed by atoms with Crippen LogP contribution in [0.2, 0.25) is 0 Å². The van der Waals surface area contributed by atoms with Gasteiger partial charge in [-0.1, -0.05) is 32.0 Å². The summed E-state index contributed by atoms with van der Waals surface area (Å²) < 4.78 is 5.35. The number of amides is 2. The normalized spacial score (nSPS) is 21.3. The van der Waals surface area contributed by atoms with Gasteiger partial charge >= 0.3 is 6.03 Å². The first-order chi connectivity index (χ1) is 12.3. The molecular formula is C21H35N3O2. The molecule has 1 aliphatic heterocycles. The monoisotopic (exact) mass is 361 g/mol. The fraction of sp³-hybridized carbons (Fsp3) is 0.667. The number of carbonyl (C=O) groups is 1. The molecule has 0 bridgehead atoms. The maximum atomic E-state index is 12.2. The zero-order valence-electron chi connectivity index (χ0n) is 17.0. The van der Waals surface area contributed by atoms with Gasteiger partial charge in [0.2, 0.25) is 0 Å². The number of ether oxygens (including phenoxy) is 1. The lowest BCUT2D eigenvalue weighted by atomic mass is 9.88. The molecule has 2 amide bonds. The summed E-state index contributed by atoms with van der Waals surface area (Å²) in [6.07, 6.45) is 2.05. The highest BCUT2D eigenvalue weighted by Gasteiger charge is 2.32. The van der Waals surface area contributed by atoms with Gasteiger partial charge in [-0.25, -0.2) is 4.79 Å². The molecule has 1 aliphatic rings. The van der Waals surface area contributed by atoms with Crippen LogP contribution in [0.4, 0.5) is 4.79 Å². The molecule has 5 nitrogen and oxygen atoms in total. The van der Waals surface area contributed by atoms with Crippen LogP contribution in [0.5, 0.6) is 5.75 Å². The quantitative estimate of drug-likeness (QED) is 0.783. The van der Waals surface area contributed by atoms with Crippen molar-refractivity contribution in [2.45, 2.75) is 46.1 Å². The van der Waals surface area contributed by atoms with E-state index in [-0.39, 0.29) is 11.6 Å². The smallest absolute Gasteiger partial charge is 0.314 e. The SMILES string of the molecule is COc1ccccc1CCNC(=O)NCC(C)(C)N1CC(C)CC(C)C1. The zero-order valence-corrected chi connectivity index (χ0v) is 17.0. The second-order valence-electron chi connectivity index (χ2n) is 8.33. The molecule has 5 heteroatoms. The van der Waals surface area contributed by atoms with Crippen molar-refractivity contribution in [3.05, 3.63) is 29.8 Å². The summed E-state index contributed by atoms with van der Waals surface area (Å²) in [7, 11) is 1.67. The Labute approximate surface area is 158 Å². The number of methoxy groups -OCH3 is 1. The zero-order chi connectivity index (χ0) is 19.2. The van der Waals surface area contributed by atoms with Crippen molar-refractivity contribution < 1.29 is 9.53 Å². The number of urea groups is 1. The summed E-state index contributed by atoms with van der Waals surface area (Å²) in [6.45, 7) is 12.5. The Kier molecular flexibility index (Phi) is 7.33. The molecule has 0 spiro atoms. The van der Waals surface area contributed by atoms with Crippen molar-refractivity contribution >= 4 is 6.03 Å². The minimum atomic E-state index is -0.105. The van der Waals surface area contributed by atoms with E-state index in [9.17, 15) is 4.79 Å². The van der Waals surface area contributed by atoms with Gasteiger partial charge in [0.25, 0.3) is 0 Å². The molecule has 2 atom stereocenters. The van der Waals surface area contributed by atoms with Crippen LogP contribution in [0.15, 0.2) is 24.3 Å². The van der Waals surface area contributed by atoms with Gasteiger partial charge in [0.1, 0.15) is 5.75 Å². The van der Waals surface area contributed by atoms with Crippen molar-refractivity contribution in [1.29, 1.82) is 0 Å². The Morgan fingerprint density at radius 2 is 1.85 bits per heavy atom. The van der Waals surface area contributed by atoms with Gasteiger partial charge in [0.15, 0.2) is 0 Å². The number of likely N-dealkylation sites (tertiary alicyclic amines) is 1. The van der Waals surface area contributed by atoms with Crippen LogP contribution in [-0.2, 0) is 6.42 Å². The standard InChI is InChI=1S/C21H35N3O2/c1-16-12-17(2)14-24(13-16)21(3,4)15-23-20(25)22-11-10-18-8-6-7-9-19(18)26-5/h6-9,16-17H,10-15H2,1-5H3,(H2,22,23,25). The molecule has 2 rings (SSSR count). The van der Waals surface area contributed by atoms with E-state index in [1.807, 2.05) is 24.3 Å². The first-order valence-electron chi connectivity index (χ1n) is 9.70. The van der Waals surface area contributed by atoms with E-state index in [0.717, 1.165) is 30.8 Å². The molecule has 1 heterocycles. The van der Waals surface area contributed by atoms with Crippen LogP contribution < -0.4 is 15.4 Å². The highest BCUT2D eigenvalue weighted by Crippen LogP contribution is 2.26. The summed E-state index contributed by atoms with van der Waals surface area (Å²) in [5.41, 5.74) is 1.06. The number of nitrogens with zero attached hydrogens (tertiary/aromatic N) is 1. The molecule has 146 valence electrons. The van der Waals surface area contributed by atoms with Crippen molar-refractivity contribution in [2.75, 3.05) is 33.3 Å². The predicted molar refractivity (Wildman–Crippen MR) is 107 cm³/mol. The van der Waals surface area contributed by atoms with Crippen molar-refractivity contribution in [2.24, 2.45) is 11.8 Å². The number of rotatable bonds is 7. The Bertz CT molecular complexity index is 578. The molecule has 2 unspecified atom stereocenters. The molecule has 1 aromatic carbocycles. The van der Waals surface area contributed by atoms with E-state index in [1.54, 1.807) is 7.11 Å². The third-order valence-corrected chi connectivity index (χ3v) is 5.28. The number of benzene rings is 1. The van der Waals surface area contributed by atoms with Crippen LogP contribution in [0.1, 0.15) is 39.7 Å². The van der Waals surface area contributed by atoms with E-state index in [0.29, 0.717) is 24.9 Å². The molecule has 2 N–H and O–H groups in total. The lowest BCUT2D eigenvalue weighted by Gasteiger charge is -2.45. The predicted octanol–water partition coefficient (Wildman–Crippen LogP) is 3.29. The van der Waals surface area contributed by atoms with E-state index in [4.69, 9.17) is 4.74 Å². The van der Waals surface area contributed by atoms with Crippen LogP contribution in [0, 0.1) is 11.8 Å². The molecule has 0 aromatic heterocycles. The van der Waals surface area contributed by atoms with Gasteiger partial charge in [0.05, 0.1) is 7.11 Å². The molecule has 1 aromatic rings. The summed E-state index contributed by atoms with van der Waals surface area (Å²) in [4.78, 5) is 14.7. The first-order valence-corrected chi connectivity index (χ1v) is 9.70.